The molecule has 1 fully saturated rings. The van der Waals surface area contributed by atoms with Gasteiger partial charge in [-0.3, -0.25) is 14.6 Å². The number of benzene rings is 2. The Balaban J connectivity index is 1.70. The molecule has 0 saturated heterocycles. The fourth-order valence-corrected chi connectivity index (χ4v) is 4.48. The number of anilines is 2. The lowest BCUT2D eigenvalue weighted by Crippen LogP contribution is -2.34. The van der Waals surface area contributed by atoms with E-state index in [1.165, 1.54) is 0 Å². The Labute approximate surface area is 239 Å². The van der Waals surface area contributed by atoms with Crippen LogP contribution in [-0.2, 0) is 18.4 Å². The second kappa shape index (κ2) is 11.2. The van der Waals surface area contributed by atoms with Crippen molar-refractivity contribution >= 4 is 39.1 Å². The summed E-state index contributed by atoms with van der Waals surface area (Å²) in [5, 5.41) is 20.1. The first-order valence-electron chi connectivity index (χ1n) is 11.9. The molecule has 0 unspecified atom stereocenters. The van der Waals surface area contributed by atoms with Gasteiger partial charge in [0.25, 0.3) is 11.8 Å². The maximum Gasteiger partial charge on any atom is 0.433 e. The zero-order chi connectivity index (χ0) is 31.2. The molecule has 42 heavy (non-hydrogen) atoms. The van der Waals surface area contributed by atoms with Gasteiger partial charge < -0.3 is 20.4 Å². The number of nitrogens with zero attached hydrogens (tertiary/aromatic N) is 2. The monoisotopic (exact) mass is 667 g/mol. The van der Waals surface area contributed by atoms with Crippen molar-refractivity contribution in [1.29, 1.82) is 0 Å². The molecule has 1 aliphatic carbocycles. The zero-order valence-corrected chi connectivity index (χ0v) is 22.4. The van der Waals surface area contributed by atoms with Crippen LogP contribution in [0, 0.1) is 11.7 Å². The van der Waals surface area contributed by atoms with Gasteiger partial charge in [0.1, 0.15) is 5.69 Å². The third-order valence-corrected chi connectivity index (χ3v) is 6.82. The SMILES string of the molecule is O=C(Nc1c(Br)cc(C(O)(O)F)cc1C(F)(F)F)c1cccc(N(CC2CC2)C(=O)c2ccc(C(F)(F)F)nc2)c1F. The van der Waals surface area contributed by atoms with E-state index in [9.17, 15) is 40.3 Å². The first kappa shape index (κ1) is 31.3. The van der Waals surface area contributed by atoms with Gasteiger partial charge in [0.15, 0.2) is 5.82 Å². The maximum absolute atomic E-state index is 15.7. The fourth-order valence-electron chi connectivity index (χ4n) is 3.92. The molecular weight excluding hydrogens is 650 g/mol. The van der Waals surface area contributed by atoms with Gasteiger partial charge in [-0.15, -0.1) is 0 Å². The molecule has 0 aliphatic heterocycles. The van der Waals surface area contributed by atoms with Gasteiger partial charge in [0, 0.05) is 22.8 Å². The first-order valence-corrected chi connectivity index (χ1v) is 12.7. The molecule has 3 N–H and O–H groups in total. The Kier molecular flexibility index (Phi) is 8.37. The quantitative estimate of drug-likeness (QED) is 0.200. The summed E-state index contributed by atoms with van der Waals surface area (Å²) in [6, 6.07) is 1.06. The molecule has 1 heterocycles. The van der Waals surface area contributed by atoms with Gasteiger partial charge in [-0.05, 0) is 71.1 Å². The van der Waals surface area contributed by atoms with Crippen molar-refractivity contribution < 1.29 is 54.9 Å². The molecule has 4 rings (SSSR count). The van der Waals surface area contributed by atoms with Crippen molar-refractivity contribution in [3.63, 3.8) is 0 Å². The van der Waals surface area contributed by atoms with E-state index in [2.05, 4.69) is 20.9 Å². The number of aromatic nitrogens is 1. The lowest BCUT2D eigenvalue weighted by Gasteiger charge is -2.24. The van der Waals surface area contributed by atoms with E-state index in [1.54, 1.807) is 0 Å². The number of hydrogen-bond donors (Lipinski definition) is 3. The van der Waals surface area contributed by atoms with Crippen LogP contribution in [0.1, 0.15) is 50.4 Å². The van der Waals surface area contributed by atoms with E-state index in [4.69, 9.17) is 10.2 Å². The largest absolute Gasteiger partial charge is 0.433 e. The highest BCUT2D eigenvalue weighted by Crippen LogP contribution is 2.42. The Morgan fingerprint density at radius 2 is 1.67 bits per heavy atom. The minimum atomic E-state index is -5.24. The average molecular weight is 668 g/mol. The molecule has 3 aromatic rings. The average Bonchev–Trinajstić information content (AvgIpc) is 3.71. The summed E-state index contributed by atoms with van der Waals surface area (Å²) >= 11 is 2.71. The van der Waals surface area contributed by atoms with Crippen LogP contribution in [0.4, 0.5) is 46.5 Å². The number of alkyl halides is 7. The molecule has 1 saturated carbocycles. The van der Waals surface area contributed by atoms with Crippen LogP contribution in [0.15, 0.2) is 53.1 Å². The van der Waals surface area contributed by atoms with Crippen LogP contribution in [-0.4, -0.2) is 33.6 Å². The third-order valence-electron chi connectivity index (χ3n) is 6.20. The fraction of sp³-hybridized carbons (Fsp3) is 0.269. The Morgan fingerprint density at radius 3 is 2.19 bits per heavy atom. The number of carbonyl (C=O) groups excluding carboxylic acids is 2. The van der Waals surface area contributed by atoms with Crippen LogP contribution in [0.25, 0.3) is 0 Å². The van der Waals surface area contributed by atoms with Crippen LogP contribution >= 0.6 is 15.9 Å². The molecule has 1 aliphatic rings. The number of pyridine rings is 1. The highest BCUT2D eigenvalue weighted by Gasteiger charge is 2.39. The van der Waals surface area contributed by atoms with Crippen molar-refractivity contribution in [2.24, 2.45) is 5.92 Å². The van der Waals surface area contributed by atoms with Crippen LogP contribution in [0.5, 0.6) is 0 Å². The number of nitrogens with one attached hydrogen (secondary N) is 1. The molecule has 2 amide bonds. The summed E-state index contributed by atoms with van der Waals surface area (Å²) in [4.78, 5) is 30.4. The lowest BCUT2D eigenvalue weighted by atomic mass is 10.1. The topological polar surface area (TPSA) is 103 Å². The number of hydrogen-bond acceptors (Lipinski definition) is 5. The normalized spacial score (nSPS) is 14.1. The summed E-state index contributed by atoms with van der Waals surface area (Å²) in [5.41, 5.74) is -6.74. The van der Waals surface area contributed by atoms with Crippen molar-refractivity contribution in [1.82, 2.24) is 4.98 Å². The van der Waals surface area contributed by atoms with E-state index in [1.807, 2.05) is 5.32 Å². The molecule has 224 valence electrons. The van der Waals surface area contributed by atoms with E-state index < -0.39 is 74.3 Å². The summed E-state index contributed by atoms with van der Waals surface area (Å²) < 4.78 is 109. The molecule has 0 spiro atoms. The Bertz CT molecular complexity index is 1520. The van der Waals surface area contributed by atoms with Crippen LogP contribution in [0.2, 0.25) is 0 Å². The molecule has 2 aromatic carbocycles. The summed E-state index contributed by atoms with van der Waals surface area (Å²) in [7, 11) is 0. The van der Waals surface area contributed by atoms with Gasteiger partial charge in [0.05, 0.1) is 28.1 Å². The molecule has 1 aromatic heterocycles. The maximum atomic E-state index is 15.7. The van der Waals surface area contributed by atoms with Crippen LogP contribution < -0.4 is 10.2 Å². The van der Waals surface area contributed by atoms with Crippen molar-refractivity contribution in [2.45, 2.75) is 31.2 Å². The van der Waals surface area contributed by atoms with Gasteiger partial charge in [-0.2, -0.15) is 30.7 Å². The van der Waals surface area contributed by atoms with Gasteiger partial charge >= 0.3 is 18.4 Å². The second-order valence-electron chi connectivity index (χ2n) is 9.35. The summed E-state index contributed by atoms with van der Waals surface area (Å²) in [6.07, 6.45) is -8.00. The molecule has 0 bridgehead atoms. The van der Waals surface area contributed by atoms with E-state index in [0.717, 1.165) is 29.2 Å². The number of aliphatic hydroxyl groups is 2. The van der Waals surface area contributed by atoms with Gasteiger partial charge in [-0.1, -0.05) is 6.07 Å². The highest BCUT2D eigenvalue weighted by molar-refractivity contribution is 9.10. The molecule has 0 atom stereocenters. The Hall–Kier alpha value is -3.63. The molecule has 16 heteroatoms. The number of carbonyl (C=O) groups is 2. The van der Waals surface area contributed by atoms with Crippen LogP contribution in [0.3, 0.4) is 0 Å². The summed E-state index contributed by atoms with van der Waals surface area (Å²) in [5.74, 6) is -3.74. The third kappa shape index (κ3) is 6.87. The molecule has 7 nitrogen and oxygen atoms in total. The number of rotatable bonds is 7. The predicted octanol–water partition coefficient (Wildman–Crippen LogP) is 6.39. The minimum Gasteiger partial charge on any atom is -0.336 e. The zero-order valence-electron chi connectivity index (χ0n) is 20.8. The number of halogens is 9. The van der Waals surface area contributed by atoms with Crippen molar-refractivity contribution in [2.75, 3.05) is 16.8 Å². The van der Waals surface area contributed by atoms with Crippen molar-refractivity contribution in [3.8, 4) is 0 Å². The highest BCUT2D eigenvalue weighted by atomic mass is 79.9. The first-order chi connectivity index (χ1) is 19.4. The second-order valence-corrected chi connectivity index (χ2v) is 10.2. The predicted molar refractivity (Wildman–Crippen MR) is 134 cm³/mol. The smallest absolute Gasteiger partial charge is 0.336 e. The van der Waals surface area contributed by atoms with E-state index in [0.29, 0.717) is 31.2 Å². The van der Waals surface area contributed by atoms with E-state index in [-0.39, 0.29) is 24.1 Å². The lowest BCUT2D eigenvalue weighted by molar-refractivity contribution is -0.270. The van der Waals surface area contributed by atoms with E-state index >= 15 is 4.39 Å². The molecular formula is C26H18BrF8N3O4. The summed E-state index contributed by atoms with van der Waals surface area (Å²) in [6.45, 7) is -0.0691. The standard InChI is InChI=1S/C26H18BrF8N3O4/c27-17-9-14(26(35,41)42)8-16(24(29,30)31)21(17)37-22(39)15-2-1-3-18(20(15)28)38(11-12-4-5-12)23(40)13-6-7-19(36-10-13)25(32,33)34/h1-3,6-10,12,41-42H,4-5,11H2,(H,37,39). The van der Waals surface area contributed by atoms with Crippen molar-refractivity contribution in [3.05, 3.63) is 86.9 Å². The Morgan fingerprint density at radius 1 is 1.00 bits per heavy atom. The minimum absolute atomic E-state index is 0.0429. The number of amides is 2. The van der Waals surface area contributed by atoms with Gasteiger partial charge in [-0.25, -0.2) is 4.39 Å². The van der Waals surface area contributed by atoms with Gasteiger partial charge in [0.2, 0.25) is 0 Å². The molecule has 0 radical (unpaired) electrons.